The van der Waals surface area contributed by atoms with E-state index in [9.17, 15) is 31.5 Å². The first-order valence-corrected chi connectivity index (χ1v) is 12.1. The zero-order valence-corrected chi connectivity index (χ0v) is 21.2. The van der Waals surface area contributed by atoms with Crippen LogP contribution >= 0.6 is 22.6 Å². The molecule has 0 radical (unpaired) electrons. The summed E-state index contributed by atoms with van der Waals surface area (Å²) in [6, 6.07) is 4.94. The van der Waals surface area contributed by atoms with Crippen molar-refractivity contribution < 1.29 is 31.5 Å². The molecule has 3 N–H and O–H groups in total. The van der Waals surface area contributed by atoms with E-state index in [1.165, 1.54) is 21.7 Å². The molecule has 0 aliphatic carbocycles. The quantitative estimate of drug-likeness (QED) is 0.179. The van der Waals surface area contributed by atoms with Crippen LogP contribution in [0.25, 0.3) is 0 Å². The van der Waals surface area contributed by atoms with Crippen LogP contribution in [0.3, 0.4) is 0 Å². The average Bonchev–Trinajstić information content (AvgIpc) is 3.23. The van der Waals surface area contributed by atoms with Crippen LogP contribution in [-0.4, -0.2) is 43.8 Å². The van der Waals surface area contributed by atoms with Crippen molar-refractivity contribution in [3.63, 3.8) is 0 Å². The number of imidazole rings is 1. The third-order valence-corrected chi connectivity index (χ3v) is 6.23. The summed E-state index contributed by atoms with van der Waals surface area (Å²) in [5, 5.41) is 2.50. The molecule has 1 aromatic carbocycles. The van der Waals surface area contributed by atoms with Gasteiger partial charge in [0, 0.05) is 60.4 Å². The highest BCUT2D eigenvalue weighted by atomic mass is 127. The molecule has 1 aliphatic rings. The highest BCUT2D eigenvalue weighted by molar-refractivity contribution is 14.1. The fourth-order valence-corrected chi connectivity index (χ4v) is 4.43. The van der Waals surface area contributed by atoms with E-state index in [1.807, 2.05) is 0 Å². The predicted molar refractivity (Wildman–Crippen MR) is 130 cm³/mol. The maximum absolute atomic E-state index is 14.2. The van der Waals surface area contributed by atoms with E-state index in [4.69, 9.17) is 5.73 Å². The van der Waals surface area contributed by atoms with Gasteiger partial charge in [-0.15, -0.1) is 0 Å². The van der Waals surface area contributed by atoms with Crippen LogP contribution in [0, 0.1) is 17.5 Å². The Morgan fingerprint density at radius 2 is 1.86 bits per heavy atom. The lowest BCUT2D eigenvalue weighted by atomic mass is 10.0. The standard InChI is InChI=1S/C23H20F5IN6O2/c24-14-10-16(26)15(25)8-12(14)7-13(30)9-19(36)34-5-6-35-17(11-34)20(33-22(35)23(27,28)29)21(37)32-18-3-1-2-4-31-18/h1-4,8,10,13H,5-7,9,11,30H2,(H,31,32,37). The molecule has 2 amide bonds. The molecule has 0 bridgehead atoms. The van der Waals surface area contributed by atoms with Gasteiger partial charge in [0.05, 0.1) is 12.2 Å². The number of amides is 2. The van der Waals surface area contributed by atoms with Crippen LogP contribution in [0.4, 0.5) is 27.8 Å². The Kier molecular flexibility index (Phi) is 7.77. The Bertz CT molecular complexity index is 1330. The molecule has 0 saturated carbocycles. The summed E-state index contributed by atoms with van der Waals surface area (Å²) < 4.78 is 66.9. The van der Waals surface area contributed by atoms with Crippen molar-refractivity contribution in [1.82, 2.24) is 19.4 Å². The number of rotatable bonds is 7. The number of nitrogens with one attached hydrogen (secondary N) is 1. The maximum atomic E-state index is 14.2. The zero-order chi connectivity index (χ0) is 26.9. The molecule has 2 aromatic heterocycles. The lowest BCUT2D eigenvalue weighted by Crippen LogP contribution is -2.42. The van der Waals surface area contributed by atoms with Crippen LogP contribution in [0.2, 0.25) is 0 Å². The molecule has 3 heterocycles. The van der Waals surface area contributed by atoms with E-state index in [0.29, 0.717) is 12.1 Å². The molecule has 1 atom stereocenters. The number of alkyl halides is 3. The number of aromatic nitrogens is 3. The summed E-state index contributed by atoms with van der Waals surface area (Å²) in [5.74, 6) is -5.24. The second-order valence-corrected chi connectivity index (χ2v) is 9.75. The minimum atomic E-state index is -3.38. The smallest absolute Gasteiger partial charge is 0.335 e. The van der Waals surface area contributed by atoms with Gasteiger partial charge in [-0.05, 0) is 30.2 Å². The highest BCUT2D eigenvalue weighted by Gasteiger charge is 2.39. The molecule has 4 rings (SSSR count). The lowest BCUT2D eigenvalue weighted by Gasteiger charge is -2.30. The van der Waals surface area contributed by atoms with Gasteiger partial charge in [-0.2, -0.15) is 8.78 Å². The number of anilines is 1. The Morgan fingerprint density at radius 3 is 2.54 bits per heavy atom. The summed E-state index contributed by atoms with van der Waals surface area (Å²) in [6.45, 7) is -0.211. The molecule has 1 aliphatic heterocycles. The number of carbonyl (C=O) groups excluding carboxylic acids is 2. The van der Waals surface area contributed by atoms with Crippen LogP contribution < -0.4 is 11.1 Å². The minimum Gasteiger partial charge on any atom is -0.335 e. The second-order valence-electron chi connectivity index (χ2n) is 8.39. The number of pyridine rings is 1. The Labute approximate surface area is 221 Å². The first-order chi connectivity index (χ1) is 17.4. The topological polar surface area (TPSA) is 106 Å². The number of halogens is 6. The molecular weight excluding hydrogens is 614 g/mol. The van der Waals surface area contributed by atoms with Crippen LogP contribution in [-0.2, 0) is 28.2 Å². The van der Waals surface area contributed by atoms with Crippen molar-refractivity contribution >= 4 is 40.2 Å². The maximum Gasteiger partial charge on any atom is 0.353 e. The summed E-state index contributed by atoms with van der Waals surface area (Å²) in [5.41, 5.74) is 5.62. The molecule has 8 nitrogen and oxygen atoms in total. The SMILES string of the molecule is NC(CC(=O)N1CCn2c(C(F)(F)I)nc(C(=O)Nc3ccccn3)c2C1)Cc1cc(F)c(F)cc1F. The monoisotopic (exact) mass is 634 g/mol. The van der Waals surface area contributed by atoms with Crippen molar-refractivity contribution in [2.75, 3.05) is 11.9 Å². The fourth-order valence-electron chi connectivity index (χ4n) is 4.02. The van der Waals surface area contributed by atoms with E-state index in [1.54, 1.807) is 12.1 Å². The molecule has 0 saturated heterocycles. The van der Waals surface area contributed by atoms with Gasteiger partial charge in [0.2, 0.25) is 5.91 Å². The van der Waals surface area contributed by atoms with Gasteiger partial charge >= 0.3 is 3.93 Å². The minimum absolute atomic E-state index is 0.0372. The number of carbonyl (C=O) groups is 2. The van der Waals surface area contributed by atoms with Crippen molar-refractivity contribution in [3.8, 4) is 0 Å². The first kappa shape index (κ1) is 26.9. The van der Waals surface area contributed by atoms with Gasteiger partial charge in [0.1, 0.15) is 11.6 Å². The summed E-state index contributed by atoms with van der Waals surface area (Å²) in [7, 11) is 0. The average molecular weight is 634 g/mol. The second kappa shape index (κ2) is 10.7. The van der Waals surface area contributed by atoms with Crippen molar-refractivity contribution in [2.24, 2.45) is 5.73 Å². The molecule has 0 fully saturated rings. The third-order valence-electron chi connectivity index (χ3n) is 5.74. The molecular formula is C23H20F5IN6O2. The van der Waals surface area contributed by atoms with E-state index in [-0.39, 0.29) is 55.2 Å². The fraction of sp³-hybridized carbons (Fsp3) is 0.304. The van der Waals surface area contributed by atoms with E-state index in [0.717, 1.165) is 22.6 Å². The van der Waals surface area contributed by atoms with Crippen LogP contribution in [0.5, 0.6) is 0 Å². The van der Waals surface area contributed by atoms with E-state index >= 15 is 0 Å². The van der Waals surface area contributed by atoms with Crippen LogP contribution in [0.1, 0.15) is 34.0 Å². The number of hydrogen-bond acceptors (Lipinski definition) is 5. The van der Waals surface area contributed by atoms with Crippen molar-refractivity contribution in [3.05, 3.63) is 76.8 Å². The van der Waals surface area contributed by atoms with Crippen LogP contribution in [0.15, 0.2) is 36.5 Å². The third kappa shape index (κ3) is 6.06. The summed E-state index contributed by atoms with van der Waals surface area (Å²) >= 11 is 0.922. The molecule has 3 aromatic rings. The normalized spacial score (nSPS) is 14.3. The molecule has 14 heteroatoms. The first-order valence-electron chi connectivity index (χ1n) is 11.0. The summed E-state index contributed by atoms with van der Waals surface area (Å²) in [4.78, 5) is 35.0. The molecule has 1 unspecified atom stereocenters. The van der Waals surface area contributed by atoms with E-state index in [2.05, 4.69) is 15.3 Å². The van der Waals surface area contributed by atoms with Gasteiger partial charge in [0.25, 0.3) is 5.91 Å². The molecule has 196 valence electrons. The lowest BCUT2D eigenvalue weighted by molar-refractivity contribution is -0.133. The van der Waals surface area contributed by atoms with Crippen molar-refractivity contribution in [2.45, 2.75) is 35.9 Å². The van der Waals surface area contributed by atoms with E-state index < -0.39 is 45.1 Å². The number of nitrogens with zero attached hydrogens (tertiary/aromatic N) is 4. The van der Waals surface area contributed by atoms with Crippen molar-refractivity contribution in [1.29, 1.82) is 0 Å². The van der Waals surface area contributed by atoms with Gasteiger partial charge in [-0.25, -0.2) is 23.1 Å². The van der Waals surface area contributed by atoms with Gasteiger partial charge < -0.3 is 20.5 Å². The Morgan fingerprint density at radius 1 is 1.14 bits per heavy atom. The Hall–Kier alpha value is -3.14. The Balaban J connectivity index is 1.51. The number of fused-ring (bicyclic) bond motifs is 1. The zero-order valence-electron chi connectivity index (χ0n) is 19.0. The van der Waals surface area contributed by atoms with Gasteiger partial charge in [-0.3, -0.25) is 9.59 Å². The summed E-state index contributed by atoms with van der Waals surface area (Å²) in [6.07, 6.45) is 0.930. The van der Waals surface area contributed by atoms with Gasteiger partial charge in [0.15, 0.2) is 23.2 Å². The molecule has 37 heavy (non-hydrogen) atoms. The number of nitrogens with two attached hydrogens (primary N) is 1. The predicted octanol–water partition coefficient (Wildman–Crippen LogP) is 3.73. The number of benzene rings is 1. The van der Waals surface area contributed by atoms with Gasteiger partial charge in [-0.1, -0.05) is 6.07 Å². The highest BCUT2D eigenvalue weighted by Crippen LogP contribution is 2.37. The number of hydrogen-bond donors (Lipinski definition) is 2. The largest absolute Gasteiger partial charge is 0.353 e. The molecule has 0 spiro atoms.